The second-order valence-corrected chi connectivity index (χ2v) is 4.81. The first-order chi connectivity index (χ1) is 7.75. The highest BCUT2D eigenvalue weighted by atomic mass is 32.1. The van der Waals surface area contributed by atoms with Crippen molar-refractivity contribution in [2.75, 3.05) is 0 Å². The fraction of sp³-hybridized carbons (Fsp3) is 0.0769. The molecule has 2 aromatic carbocycles. The van der Waals surface area contributed by atoms with Crippen LogP contribution in [-0.2, 0) is 0 Å². The quantitative estimate of drug-likeness (QED) is 0.645. The van der Waals surface area contributed by atoms with E-state index in [1.165, 1.54) is 14.8 Å². The van der Waals surface area contributed by atoms with Gasteiger partial charge in [-0.1, -0.05) is 37.8 Å². The van der Waals surface area contributed by atoms with Crippen LogP contribution in [0, 0.1) is 0 Å². The Morgan fingerprint density at radius 1 is 0.882 bits per heavy atom. The molecule has 0 saturated carbocycles. The van der Waals surface area contributed by atoms with Gasteiger partial charge in [0.15, 0.2) is 0 Å². The lowest BCUT2D eigenvalue weighted by molar-refractivity contribution is 0.426. The van der Waals surface area contributed by atoms with E-state index in [1.54, 1.807) is 17.4 Å². The van der Waals surface area contributed by atoms with E-state index in [1.807, 2.05) is 24.3 Å². The van der Waals surface area contributed by atoms with Crippen molar-refractivity contribution < 1.29 is 10.0 Å². The van der Waals surface area contributed by atoms with Gasteiger partial charge < -0.3 is 10.0 Å². The van der Waals surface area contributed by atoms with Crippen molar-refractivity contribution in [3.63, 3.8) is 0 Å². The van der Waals surface area contributed by atoms with E-state index in [4.69, 9.17) is 10.0 Å². The summed E-state index contributed by atoms with van der Waals surface area (Å²) in [6, 6.07) is 13.7. The number of thiophene rings is 1. The third kappa shape index (κ3) is 1.95. The van der Waals surface area contributed by atoms with Crippen molar-refractivity contribution in [2.45, 2.75) is 7.43 Å². The van der Waals surface area contributed by atoms with Crippen molar-refractivity contribution in [3.8, 4) is 0 Å². The Balaban J connectivity index is 0.00000108. The molecule has 0 fully saturated rings. The SMILES string of the molecule is C.OB(O)c1ccc2sc3ccccc3c2c1. The molecule has 0 spiro atoms. The monoisotopic (exact) mass is 244 g/mol. The van der Waals surface area contributed by atoms with Gasteiger partial charge in [-0.05, 0) is 23.0 Å². The topological polar surface area (TPSA) is 40.5 Å². The van der Waals surface area contributed by atoms with Gasteiger partial charge in [-0.3, -0.25) is 0 Å². The average molecular weight is 244 g/mol. The zero-order chi connectivity index (χ0) is 11.1. The molecule has 3 aromatic rings. The second-order valence-electron chi connectivity index (χ2n) is 3.73. The lowest BCUT2D eigenvalue weighted by Crippen LogP contribution is -2.29. The van der Waals surface area contributed by atoms with E-state index in [0.29, 0.717) is 5.46 Å². The fourth-order valence-electron chi connectivity index (χ4n) is 1.90. The maximum Gasteiger partial charge on any atom is 0.488 e. The van der Waals surface area contributed by atoms with Gasteiger partial charge in [-0.15, -0.1) is 11.3 Å². The number of rotatable bonds is 1. The molecule has 1 aromatic heterocycles. The Morgan fingerprint density at radius 2 is 1.59 bits per heavy atom. The zero-order valence-corrected chi connectivity index (χ0v) is 9.24. The molecule has 2 N–H and O–H groups in total. The van der Waals surface area contributed by atoms with Gasteiger partial charge in [0.2, 0.25) is 0 Å². The minimum Gasteiger partial charge on any atom is -0.423 e. The first-order valence-electron chi connectivity index (χ1n) is 5.03. The van der Waals surface area contributed by atoms with Gasteiger partial charge in [0.1, 0.15) is 0 Å². The van der Waals surface area contributed by atoms with Crippen LogP contribution in [0.25, 0.3) is 20.2 Å². The van der Waals surface area contributed by atoms with E-state index in [-0.39, 0.29) is 7.43 Å². The first-order valence-corrected chi connectivity index (χ1v) is 5.85. The number of fused-ring (bicyclic) bond motifs is 3. The molecular formula is C13H13BO2S. The van der Waals surface area contributed by atoms with Gasteiger partial charge in [-0.2, -0.15) is 0 Å². The Bertz CT molecular complexity index is 661. The van der Waals surface area contributed by atoms with Gasteiger partial charge >= 0.3 is 7.12 Å². The molecular weight excluding hydrogens is 231 g/mol. The zero-order valence-electron chi connectivity index (χ0n) is 8.42. The molecule has 2 nitrogen and oxygen atoms in total. The molecule has 3 rings (SSSR count). The van der Waals surface area contributed by atoms with Crippen LogP contribution in [0.4, 0.5) is 0 Å². The highest BCUT2D eigenvalue weighted by molar-refractivity contribution is 7.25. The van der Waals surface area contributed by atoms with Gasteiger partial charge in [0, 0.05) is 14.8 Å². The van der Waals surface area contributed by atoms with Crippen LogP contribution in [-0.4, -0.2) is 17.2 Å². The molecule has 0 saturated heterocycles. The van der Waals surface area contributed by atoms with Crippen molar-refractivity contribution in [3.05, 3.63) is 42.5 Å². The van der Waals surface area contributed by atoms with Crippen LogP contribution >= 0.6 is 11.3 Å². The van der Waals surface area contributed by atoms with E-state index in [9.17, 15) is 0 Å². The number of hydrogen-bond acceptors (Lipinski definition) is 3. The van der Waals surface area contributed by atoms with Crippen molar-refractivity contribution >= 4 is 44.1 Å². The van der Waals surface area contributed by atoms with Crippen molar-refractivity contribution in [2.24, 2.45) is 0 Å². The summed E-state index contributed by atoms with van der Waals surface area (Å²) in [7, 11) is -1.40. The molecule has 17 heavy (non-hydrogen) atoms. The molecule has 0 amide bonds. The normalized spacial score (nSPS) is 10.5. The largest absolute Gasteiger partial charge is 0.488 e. The lowest BCUT2D eigenvalue weighted by Gasteiger charge is -1.98. The molecule has 0 unspecified atom stereocenters. The highest BCUT2D eigenvalue weighted by Crippen LogP contribution is 2.32. The Kier molecular flexibility index (Phi) is 3.20. The van der Waals surface area contributed by atoms with Gasteiger partial charge in [0.05, 0.1) is 0 Å². The third-order valence-corrected chi connectivity index (χ3v) is 3.85. The molecule has 4 heteroatoms. The van der Waals surface area contributed by atoms with Crippen LogP contribution in [0.15, 0.2) is 42.5 Å². The smallest absolute Gasteiger partial charge is 0.423 e. The first kappa shape index (κ1) is 12.1. The second kappa shape index (κ2) is 4.49. The van der Waals surface area contributed by atoms with Gasteiger partial charge in [0.25, 0.3) is 0 Å². The summed E-state index contributed by atoms with van der Waals surface area (Å²) in [5.41, 5.74) is 0.538. The predicted molar refractivity (Wildman–Crippen MR) is 75.9 cm³/mol. The van der Waals surface area contributed by atoms with Crippen LogP contribution in [0.5, 0.6) is 0 Å². The standard InChI is InChI=1S/C12H9BO2S.CH4/c14-13(15)8-5-6-12-10(7-8)9-3-1-2-4-11(9)16-12;/h1-7,14-15H;1H4. The molecule has 0 aliphatic carbocycles. The molecule has 0 radical (unpaired) electrons. The minimum absolute atomic E-state index is 0. The predicted octanol–water partition coefficient (Wildman–Crippen LogP) is 2.37. The Labute approximate surface area is 104 Å². The van der Waals surface area contributed by atoms with Crippen LogP contribution < -0.4 is 5.46 Å². The molecule has 0 atom stereocenters. The maximum absolute atomic E-state index is 9.15. The van der Waals surface area contributed by atoms with Crippen LogP contribution in [0.3, 0.4) is 0 Å². The Morgan fingerprint density at radius 3 is 2.35 bits per heavy atom. The van der Waals surface area contributed by atoms with E-state index in [2.05, 4.69) is 12.1 Å². The maximum atomic E-state index is 9.15. The average Bonchev–Trinajstić information content (AvgIpc) is 2.66. The summed E-state index contributed by atoms with van der Waals surface area (Å²) in [4.78, 5) is 0. The Hall–Kier alpha value is -1.36. The van der Waals surface area contributed by atoms with E-state index < -0.39 is 7.12 Å². The molecule has 1 heterocycles. The summed E-state index contributed by atoms with van der Waals surface area (Å²) >= 11 is 1.72. The summed E-state index contributed by atoms with van der Waals surface area (Å²) in [6.07, 6.45) is 0. The van der Waals surface area contributed by atoms with Crippen molar-refractivity contribution in [1.82, 2.24) is 0 Å². The van der Waals surface area contributed by atoms with E-state index in [0.717, 1.165) is 5.39 Å². The lowest BCUT2D eigenvalue weighted by atomic mass is 9.80. The van der Waals surface area contributed by atoms with Crippen LogP contribution in [0.2, 0.25) is 0 Å². The third-order valence-electron chi connectivity index (χ3n) is 2.70. The van der Waals surface area contributed by atoms with Crippen LogP contribution in [0.1, 0.15) is 7.43 Å². The molecule has 86 valence electrons. The molecule has 0 bridgehead atoms. The van der Waals surface area contributed by atoms with Crippen molar-refractivity contribution in [1.29, 1.82) is 0 Å². The molecule has 0 aliphatic heterocycles. The van der Waals surface area contributed by atoms with E-state index >= 15 is 0 Å². The summed E-state index contributed by atoms with van der Waals surface area (Å²) in [5, 5.41) is 20.6. The van der Waals surface area contributed by atoms with Gasteiger partial charge in [-0.25, -0.2) is 0 Å². The summed E-state index contributed by atoms with van der Waals surface area (Å²) < 4.78 is 2.40. The highest BCUT2D eigenvalue weighted by Gasteiger charge is 2.12. The molecule has 0 aliphatic rings. The fourth-order valence-corrected chi connectivity index (χ4v) is 2.99. The summed E-state index contributed by atoms with van der Waals surface area (Å²) in [5.74, 6) is 0. The number of benzene rings is 2. The minimum atomic E-state index is -1.40. The summed E-state index contributed by atoms with van der Waals surface area (Å²) in [6.45, 7) is 0. The number of hydrogen-bond donors (Lipinski definition) is 2.